The van der Waals surface area contributed by atoms with Crippen molar-refractivity contribution in [2.45, 2.75) is 0 Å². The molecule has 0 saturated heterocycles. The van der Waals surface area contributed by atoms with Gasteiger partial charge in [0.05, 0.1) is 0 Å². The summed E-state index contributed by atoms with van der Waals surface area (Å²) >= 11 is 5.82. The van der Waals surface area contributed by atoms with Crippen molar-refractivity contribution in [2.75, 3.05) is 7.05 Å². The van der Waals surface area contributed by atoms with Gasteiger partial charge in [-0.15, -0.1) is 5.10 Å². The first kappa shape index (κ1) is 10.7. The third kappa shape index (κ3) is 2.83. The first-order valence-corrected chi connectivity index (χ1v) is 4.31. The Bertz CT molecular complexity index is 360. The molecule has 0 unspecified atom stereocenters. The highest BCUT2D eigenvalue weighted by Crippen LogP contribution is 2.11. The van der Waals surface area contributed by atoms with E-state index in [2.05, 4.69) is 16.8 Å². The molecule has 0 fully saturated rings. The number of halogens is 1. The Morgan fingerprint density at radius 2 is 2.29 bits per heavy atom. The van der Waals surface area contributed by atoms with Gasteiger partial charge in [-0.05, 0) is 18.9 Å². The Balaban J connectivity index is 3.07. The van der Waals surface area contributed by atoms with Crippen molar-refractivity contribution in [1.29, 1.82) is 0 Å². The molecule has 0 radical (unpaired) electrons. The van der Waals surface area contributed by atoms with Crippen molar-refractivity contribution in [2.24, 2.45) is 15.9 Å². The summed E-state index contributed by atoms with van der Waals surface area (Å²) in [4.78, 5) is 3.76. The van der Waals surface area contributed by atoms with E-state index in [9.17, 15) is 0 Å². The van der Waals surface area contributed by atoms with Gasteiger partial charge in [0.1, 0.15) is 0 Å². The number of amidine groups is 1. The molecule has 0 aliphatic heterocycles. The molecule has 0 aliphatic carbocycles. The fourth-order valence-corrected chi connectivity index (χ4v) is 1.15. The standard InChI is InChI=1S/C9H11ClN4/c1-12-9(13-14(2)11)7-4-3-5-8(10)6-7/h3-6H,1,11H2,2H3/b13-9-. The maximum absolute atomic E-state index is 5.82. The third-order valence-corrected chi connectivity index (χ3v) is 1.72. The zero-order valence-corrected chi connectivity index (χ0v) is 8.57. The van der Waals surface area contributed by atoms with Gasteiger partial charge in [0.25, 0.3) is 0 Å². The number of hydrogen-bond donors (Lipinski definition) is 1. The van der Waals surface area contributed by atoms with Crippen molar-refractivity contribution < 1.29 is 0 Å². The molecule has 0 bridgehead atoms. The van der Waals surface area contributed by atoms with Crippen molar-refractivity contribution in [1.82, 2.24) is 5.12 Å². The van der Waals surface area contributed by atoms with Crippen LogP contribution in [-0.2, 0) is 0 Å². The zero-order chi connectivity index (χ0) is 10.6. The lowest BCUT2D eigenvalue weighted by Crippen LogP contribution is -2.21. The predicted molar refractivity (Wildman–Crippen MR) is 59.5 cm³/mol. The quantitative estimate of drug-likeness (QED) is 0.348. The zero-order valence-electron chi connectivity index (χ0n) is 7.81. The average Bonchev–Trinajstić information content (AvgIpc) is 2.14. The van der Waals surface area contributed by atoms with Crippen LogP contribution in [0.4, 0.5) is 0 Å². The van der Waals surface area contributed by atoms with E-state index in [0.717, 1.165) is 5.56 Å². The second kappa shape index (κ2) is 4.74. The number of hydrazone groups is 1. The molecule has 74 valence electrons. The Morgan fingerprint density at radius 3 is 2.79 bits per heavy atom. The van der Waals surface area contributed by atoms with E-state index in [-0.39, 0.29) is 0 Å². The Hall–Kier alpha value is -1.39. The number of benzene rings is 1. The van der Waals surface area contributed by atoms with Crippen LogP contribution in [0.15, 0.2) is 34.4 Å². The van der Waals surface area contributed by atoms with Gasteiger partial charge in [0.2, 0.25) is 0 Å². The van der Waals surface area contributed by atoms with Crippen molar-refractivity contribution in [3.8, 4) is 0 Å². The van der Waals surface area contributed by atoms with Crippen LogP contribution in [-0.4, -0.2) is 24.7 Å². The van der Waals surface area contributed by atoms with Crippen LogP contribution in [0.2, 0.25) is 5.02 Å². The van der Waals surface area contributed by atoms with Crippen LogP contribution >= 0.6 is 11.6 Å². The minimum Gasteiger partial charge on any atom is -0.243 e. The third-order valence-electron chi connectivity index (χ3n) is 1.49. The maximum Gasteiger partial charge on any atom is 0.180 e. The minimum absolute atomic E-state index is 0.442. The molecule has 0 heterocycles. The predicted octanol–water partition coefficient (Wildman–Crippen LogP) is 1.51. The first-order chi connectivity index (χ1) is 6.63. The summed E-state index contributed by atoms with van der Waals surface area (Å²) in [6.45, 7) is 3.41. The van der Waals surface area contributed by atoms with Crippen molar-refractivity contribution >= 4 is 24.2 Å². The summed E-state index contributed by atoms with van der Waals surface area (Å²) in [5.74, 6) is 5.81. The van der Waals surface area contributed by atoms with E-state index in [1.54, 1.807) is 19.2 Å². The first-order valence-electron chi connectivity index (χ1n) is 3.93. The molecule has 0 atom stereocenters. The van der Waals surface area contributed by atoms with E-state index >= 15 is 0 Å². The van der Waals surface area contributed by atoms with Gasteiger partial charge in [0.15, 0.2) is 5.84 Å². The summed E-state index contributed by atoms with van der Waals surface area (Å²) in [5, 5.41) is 5.74. The molecule has 2 N–H and O–H groups in total. The van der Waals surface area contributed by atoms with Gasteiger partial charge in [-0.3, -0.25) is 0 Å². The van der Waals surface area contributed by atoms with Crippen molar-refractivity contribution in [3.05, 3.63) is 34.9 Å². The number of nitrogens with two attached hydrogens (primary N) is 1. The topological polar surface area (TPSA) is 54.0 Å². The molecule has 0 aromatic heterocycles. The smallest absolute Gasteiger partial charge is 0.180 e. The number of aliphatic imine (C=N–C) groups is 1. The van der Waals surface area contributed by atoms with Crippen LogP contribution < -0.4 is 5.84 Å². The summed E-state index contributed by atoms with van der Waals surface area (Å²) < 4.78 is 0. The van der Waals surface area contributed by atoms with Gasteiger partial charge in [-0.1, -0.05) is 23.7 Å². The SMILES string of the molecule is C=N/C(=N\N(C)N)c1cccc(Cl)c1. The largest absolute Gasteiger partial charge is 0.243 e. The second-order valence-corrected chi connectivity index (χ2v) is 3.10. The Morgan fingerprint density at radius 1 is 1.57 bits per heavy atom. The molecular weight excluding hydrogens is 200 g/mol. The van der Waals surface area contributed by atoms with Crippen LogP contribution in [0.1, 0.15) is 5.56 Å². The van der Waals surface area contributed by atoms with E-state index < -0.39 is 0 Å². The van der Waals surface area contributed by atoms with E-state index in [1.807, 2.05) is 12.1 Å². The lowest BCUT2D eigenvalue weighted by atomic mass is 10.2. The maximum atomic E-state index is 5.82. The fraction of sp³-hybridized carbons (Fsp3) is 0.111. The Labute approximate surface area is 87.7 Å². The molecule has 1 aromatic carbocycles. The molecule has 1 rings (SSSR count). The van der Waals surface area contributed by atoms with Gasteiger partial charge in [-0.2, -0.15) is 0 Å². The van der Waals surface area contributed by atoms with Gasteiger partial charge >= 0.3 is 0 Å². The number of rotatable bonds is 2. The highest BCUT2D eigenvalue weighted by Gasteiger charge is 2.01. The molecule has 4 nitrogen and oxygen atoms in total. The normalized spacial score (nSPS) is 11.2. The number of hydrogen-bond acceptors (Lipinski definition) is 3. The molecule has 5 heteroatoms. The molecule has 1 aromatic rings. The second-order valence-electron chi connectivity index (χ2n) is 2.67. The molecule has 14 heavy (non-hydrogen) atoms. The van der Waals surface area contributed by atoms with Gasteiger partial charge in [-0.25, -0.2) is 16.0 Å². The molecular formula is C9H11ClN4. The van der Waals surface area contributed by atoms with Crippen LogP contribution in [0.5, 0.6) is 0 Å². The van der Waals surface area contributed by atoms with E-state index in [1.165, 1.54) is 5.12 Å². The number of nitrogens with zero attached hydrogens (tertiary/aromatic N) is 3. The lowest BCUT2D eigenvalue weighted by molar-refractivity contribution is 0.372. The Kier molecular flexibility index (Phi) is 3.62. The van der Waals surface area contributed by atoms with Gasteiger partial charge in [0, 0.05) is 17.6 Å². The summed E-state index contributed by atoms with van der Waals surface area (Å²) in [6, 6.07) is 7.17. The highest BCUT2D eigenvalue weighted by atomic mass is 35.5. The average molecular weight is 211 g/mol. The minimum atomic E-state index is 0.442. The lowest BCUT2D eigenvalue weighted by Gasteiger charge is -2.06. The van der Waals surface area contributed by atoms with Crippen LogP contribution in [0.25, 0.3) is 0 Å². The molecule has 0 saturated carbocycles. The summed E-state index contributed by atoms with van der Waals surface area (Å²) in [7, 11) is 1.61. The van der Waals surface area contributed by atoms with E-state index in [4.69, 9.17) is 17.4 Å². The van der Waals surface area contributed by atoms with E-state index in [0.29, 0.717) is 10.9 Å². The highest BCUT2D eigenvalue weighted by molar-refractivity contribution is 6.31. The van der Waals surface area contributed by atoms with Crippen molar-refractivity contribution in [3.63, 3.8) is 0 Å². The summed E-state index contributed by atoms with van der Waals surface area (Å²) in [6.07, 6.45) is 0. The van der Waals surface area contributed by atoms with Gasteiger partial charge < -0.3 is 0 Å². The molecule has 0 amide bonds. The summed E-state index contributed by atoms with van der Waals surface area (Å²) in [5.41, 5.74) is 0.782. The molecule has 0 spiro atoms. The van der Waals surface area contributed by atoms with Crippen LogP contribution in [0, 0.1) is 0 Å². The van der Waals surface area contributed by atoms with Crippen LogP contribution in [0.3, 0.4) is 0 Å². The molecule has 0 aliphatic rings. The fourth-order valence-electron chi connectivity index (χ4n) is 0.958. The number of hydrazine groups is 1. The monoisotopic (exact) mass is 210 g/mol.